The van der Waals surface area contributed by atoms with Crippen molar-refractivity contribution in [2.45, 2.75) is 34.1 Å². The molecular formula is C11H19N3O. The smallest absolute Gasteiger partial charge is 0.227 e. The number of rotatable bonds is 4. The number of carbonyl (C=O) groups is 1. The molecule has 0 aliphatic heterocycles. The minimum absolute atomic E-state index is 0.174. The van der Waals surface area contributed by atoms with Crippen LogP contribution in [0.5, 0.6) is 0 Å². The predicted octanol–water partition coefficient (Wildman–Crippen LogP) is 1.44. The summed E-state index contributed by atoms with van der Waals surface area (Å²) in [6.07, 6.45) is 0.454. The van der Waals surface area contributed by atoms with Crippen LogP contribution in [0, 0.1) is 13.8 Å². The summed E-state index contributed by atoms with van der Waals surface area (Å²) < 4.78 is 0. The average molecular weight is 209 g/mol. The monoisotopic (exact) mass is 209 g/mol. The number of hydrogen-bond donors (Lipinski definition) is 1. The van der Waals surface area contributed by atoms with Crippen LogP contribution in [0.3, 0.4) is 0 Å². The highest BCUT2D eigenvalue weighted by Crippen LogP contribution is 2.11. The lowest BCUT2D eigenvalue weighted by Crippen LogP contribution is -2.32. The van der Waals surface area contributed by atoms with Gasteiger partial charge in [-0.05, 0) is 27.7 Å². The van der Waals surface area contributed by atoms with Crippen LogP contribution < -0.4 is 0 Å². The summed E-state index contributed by atoms with van der Waals surface area (Å²) >= 11 is 0. The zero-order chi connectivity index (χ0) is 11.4. The van der Waals surface area contributed by atoms with Gasteiger partial charge in [-0.1, -0.05) is 0 Å². The third-order valence-electron chi connectivity index (χ3n) is 2.72. The van der Waals surface area contributed by atoms with Crippen molar-refractivity contribution in [3.8, 4) is 0 Å². The number of carbonyl (C=O) groups excluding carboxylic acids is 1. The van der Waals surface area contributed by atoms with Crippen LogP contribution >= 0.6 is 0 Å². The van der Waals surface area contributed by atoms with Gasteiger partial charge in [0.05, 0.1) is 12.1 Å². The standard InChI is InChI=1S/C11H19N3O/c1-5-14(6-2)11(15)7-10-8(3)12-13-9(10)4/h5-7H2,1-4H3,(H,12,13). The fourth-order valence-corrected chi connectivity index (χ4v) is 1.67. The molecule has 0 unspecified atom stereocenters. The van der Waals surface area contributed by atoms with E-state index >= 15 is 0 Å². The van der Waals surface area contributed by atoms with Crippen LogP contribution in [0.2, 0.25) is 0 Å². The Labute approximate surface area is 90.7 Å². The molecule has 0 bridgehead atoms. The van der Waals surface area contributed by atoms with E-state index in [9.17, 15) is 4.79 Å². The molecule has 0 aromatic carbocycles. The maximum Gasteiger partial charge on any atom is 0.227 e. The number of amides is 1. The molecule has 4 heteroatoms. The first-order valence-corrected chi connectivity index (χ1v) is 5.38. The number of aryl methyl sites for hydroxylation is 2. The Bertz CT molecular complexity index is 320. The van der Waals surface area contributed by atoms with Crippen molar-refractivity contribution in [3.63, 3.8) is 0 Å². The largest absolute Gasteiger partial charge is 0.343 e. The number of aromatic amines is 1. The Kier molecular flexibility index (Phi) is 3.88. The molecule has 0 saturated carbocycles. The lowest BCUT2D eigenvalue weighted by molar-refractivity contribution is -0.130. The van der Waals surface area contributed by atoms with Crippen molar-refractivity contribution in [1.82, 2.24) is 15.1 Å². The molecule has 84 valence electrons. The SMILES string of the molecule is CCN(CC)C(=O)Cc1c(C)n[nH]c1C. The molecule has 0 radical (unpaired) electrons. The van der Waals surface area contributed by atoms with E-state index in [1.165, 1.54) is 0 Å². The highest BCUT2D eigenvalue weighted by molar-refractivity contribution is 5.79. The van der Waals surface area contributed by atoms with Gasteiger partial charge in [-0.15, -0.1) is 0 Å². The third-order valence-corrected chi connectivity index (χ3v) is 2.72. The summed E-state index contributed by atoms with van der Waals surface area (Å²) in [4.78, 5) is 13.7. The molecule has 0 aliphatic carbocycles. The summed E-state index contributed by atoms with van der Waals surface area (Å²) in [6, 6.07) is 0. The van der Waals surface area contributed by atoms with Crippen LogP contribution in [0.1, 0.15) is 30.8 Å². The molecule has 1 amide bonds. The number of H-pyrrole nitrogens is 1. The maximum absolute atomic E-state index is 11.9. The highest BCUT2D eigenvalue weighted by atomic mass is 16.2. The fourth-order valence-electron chi connectivity index (χ4n) is 1.67. The quantitative estimate of drug-likeness (QED) is 0.815. The Morgan fingerprint density at radius 3 is 2.33 bits per heavy atom. The van der Waals surface area contributed by atoms with Crippen molar-refractivity contribution < 1.29 is 4.79 Å². The summed E-state index contributed by atoms with van der Waals surface area (Å²) in [5.74, 6) is 0.174. The van der Waals surface area contributed by atoms with Crippen molar-refractivity contribution in [2.24, 2.45) is 0 Å². The van der Waals surface area contributed by atoms with Crippen molar-refractivity contribution >= 4 is 5.91 Å². The van der Waals surface area contributed by atoms with E-state index in [1.54, 1.807) is 0 Å². The zero-order valence-corrected chi connectivity index (χ0v) is 9.92. The second-order valence-corrected chi connectivity index (χ2v) is 3.66. The average Bonchev–Trinajstić information content (AvgIpc) is 2.51. The van der Waals surface area contributed by atoms with Crippen molar-refractivity contribution in [1.29, 1.82) is 0 Å². The first-order chi connectivity index (χ1) is 7.10. The van der Waals surface area contributed by atoms with Gasteiger partial charge in [0, 0.05) is 24.3 Å². The molecular weight excluding hydrogens is 190 g/mol. The second-order valence-electron chi connectivity index (χ2n) is 3.66. The molecule has 1 aromatic rings. The predicted molar refractivity (Wildman–Crippen MR) is 59.7 cm³/mol. The van der Waals surface area contributed by atoms with E-state index in [2.05, 4.69) is 10.2 Å². The van der Waals surface area contributed by atoms with Crippen molar-refractivity contribution in [3.05, 3.63) is 17.0 Å². The van der Waals surface area contributed by atoms with E-state index in [0.29, 0.717) is 6.42 Å². The van der Waals surface area contributed by atoms with Crippen LogP contribution in [0.25, 0.3) is 0 Å². The number of likely N-dealkylation sites (N-methyl/N-ethyl adjacent to an activating group) is 1. The van der Waals surface area contributed by atoms with E-state index in [4.69, 9.17) is 0 Å². The molecule has 4 nitrogen and oxygen atoms in total. The topological polar surface area (TPSA) is 49.0 Å². The molecule has 0 aliphatic rings. The Morgan fingerprint density at radius 2 is 1.93 bits per heavy atom. The lowest BCUT2D eigenvalue weighted by atomic mass is 10.1. The maximum atomic E-state index is 11.9. The third kappa shape index (κ3) is 2.58. The van der Waals surface area contributed by atoms with E-state index in [0.717, 1.165) is 30.0 Å². The van der Waals surface area contributed by atoms with Crippen molar-refractivity contribution in [2.75, 3.05) is 13.1 Å². The zero-order valence-electron chi connectivity index (χ0n) is 9.92. The molecule has 1 rings (SSSR count). The summed E-state index contributed by atoms with van der Waals surface area (Å²) in [5, 5.41) is 6.98. The molecule has 0 spiro atoms. The van der Waals surface area contributed by atoms with Crippen LogP contribution in [0.15, 0.2) is 0 Å². The Hall–Kier alpha value is -1.32. The number of hydrogen-bond acceptors (Lipinski definition) is 2. The molecule has 0 saturated heterocycles. The van der Waals surface area contributed by atoms with Gasteiger partial charge in [0.15, 0.2) is 0 Å². The normalized spacial score (nSPS) is 10.4. The minimum atomic E-state index is 0.174. The first-order valence-electron chi connectivity index (χ1n) is 5.38. The van der Waals surface area contributed by atoms with E-state index in [1.807, 2.05) is 32.6 Å². The molecule has 1 N–H and O–H groups in total. The van der Waals surface area contributed by atoms with Gasteiger partial charge in [0.25, 0.3) is 0 Å². The van der Waals surface area contributed by atoms with E-state index < -0.39 is 0 Å². The Morgan fingerprint density at radius 1 is 1.33 bits per heavy atom. The molecule has 0 atom stereocenters. The first kappa shape index (κ1) is 11.8. The molecule has 0 fully saturated rings. The van der Waals surface area contributed by atoms with Gasteiger partial charge in [-0.3, -0.25) is 9.89 Å². The van der Waals surface area contributed by atoms with Gasteiger partial charge >= 0.3 is 0 Å². The van der Waals surface area contributed by atoms with Crippen LogP contribution in [-0.4, -0.2) is 34.1 Å². The molecule has 1 aromatic heterocycles. The Balaban J connectivity index is 2.74. The van der Waals surface area contributed by atoms with Gasteiger partial charge in [0.1, 0.15) is 0 Å². The van der Waals surface area contributed by atoms with Gasteiger partial charge < -0.3 is 4.90 Å². The number of nitrogens with zero attached hydrogens (tertiary/aromatic N) is 2. The molecule has 1 heterocycles. The summed E-state index contributed by atoms with van der Waals surface area (Å²) in [6.45, 7) is 9.41. The summed E-state index contributed by atoms with van der Waals surface area (Å²) in [7, 11) is 0. The van der Waals surface area contributed by atoms with E-state index in [-0.39, 0.29) is 5.91 Å². The number of nitrogens with one attached hydrogen (secondary N) is 1. The van der Waals surface area contributed by atoms with Gasteiger partial charge in [0.2, 0.25) is 5.91 Å². The molecule has 15 heavy (non-hydrogen) atoms. The number of aromatic nitrogens is 2. The lowest BCUT2D eigenvalue weighted by Gasteiger charge is -2.18. The summed E-state index contributed by atoms with van der Waals surface area (Å²) in [5.41, 5.74) is 2.95. The van der Waals surface area contributed by atoms with Crippen LogP contribution in [0.4, 0.5) is 0 Å². The van der Waals surface area contributed by atoms with Gasteiger partial charge in [-0.25, -0.2) is 0 Å². The fraction of sp³-hybridized carbons (Fsp3) is 0.636. The minimum Gasteiger partial charge on any atom is -0.343 e. The van der Waals surface area contributed by atoms with Gasteiger partial charge in [-0.2, -0.15) is 5.10 Å². The highest BCUT2D eigenvalue weighted by Gasteiger charge is 2.14. The second kappa shape index (κ2) is 4.96. The van der Waals surface area contributed by atoms with Crippen LogP contribution in [-0.2, 0) is 11.2 Å².